The van der Waals surface area contributed by atoms with Crippen LogP contribution in [0, 0.1) is 5.82 Å². The Morgan fingerprint density at radius 3 is 2.65 bits per heavy atom. The number of carbonyl (C=O) groups is 1. The van der Waals surface area contributed by atoms with Crippen molar-refractivity contribution in [2.45, 2.75) is 0 Å². The number of hydrogen-bond donors (Lipinski definition) is 1. The predicted molar refractivity (Wildman–Crippen MR) is 64.1 cm³/mol. The maximum Gasteiger partial charge on any atom is 0.293 e. The molecule has 0 atom stereocenters. The maximum absolute atomic E-state index is 13.4. The molecule has 17 heavy (non-hydrogen) atoms. The number of hydrogen-bond acceptors (Lipinski definition) is 3. The molecule has 0 saturated heterocycles. The lowest BCUT2D eigenvalue weighted by molar-refractivity contribution is 0.101. The number of nitrogens with one attached hydrogen (secondary N) is 1. The molecule has 6 heteroatoms. The highest BCUT2D eigenvalue weighted by molar-refractivity contribution is 9.10. The largest absolute Gasteiger partial charge is 0.317 e. The Kier molecular flexibility index (Phi) is 3.43. The van der Waals surface area contributed by atoms with Crippen LogP contribution >= 0.6 is 15.9 Å². The van der Waals surface area contributed by atoms with Crippen molar-refractivity contribution in [1.82, 2.24) is 9.97 Å². The Labute approximate surface area is 105 Å². The van der Waals surface area contributed by atoms with Gasteiger partial charge in [0.15, 0.2) is 0 Å². The van der Waals surface area contributed by atoms with Crippen LogP contribution in [0.5, 0.6) is 0 Å². The van der Waals surface area contributed by atoms with Crippen LogP contribution in [0.4, 0.5) is 10.1 Å². The van der Waals surface area contributed by atoms with E-state index in [1.807, 2.05) is 0 Å². The van der Waals surface area contributed by atoms with E-state index in [1.165, 1.54) is 24.5 Å². The fraction of sp³-hybridized carbons (Fsp3) is 0. The first kappa shape index (κ1) is 11.7. The molecule has 1 N–H and O–H groups in total. The molecule has 1 aromatic heterocycles. The lowest BCUT2D eigenvalue weighted by Crippen LogP contribution is -2.16. The van der Waals surface area contributed by atoms with Gasteiger partial charge in [-0.1, -0.05) is 15.9 Å². The van der Waals surface area contributed by atoms with Crippen molar-refractivity contribution < 1.29 is 9.18 Å². The summed E-state index contributed by atoms with van der Waals surface area (Å²) in [5, 5.41) is 2.39. The number of rotatable bonds is 2. The van der Waals surface area contributed by atoms with Crippen molar-refractivity contribution in [3.63, 3.8) is 0 Å². The topological polar surface area (TPSA) is 54.9 Å². The molecule has 1 aromatic carbocycles. The average Bonchev–Trinajstić information content (AvgIpc) is 2.34. The van der Waals surface area contributed by atoms with E-state index in [4.69, 9.17) is 0 Å². The molecular formula is C11H7BrFN3O. The Balaban J connectivity index is 2.19. The number of nitrogens with zero attached hydrogens (tertiary/aromatic N) is 2. The molecule has 1 amide bonds. The summed E-state index contributed by atoms with van der Waals surface area (Å²) in [6.07, 6.45) is 2.89. The third-order valence-corrected chi connectivity index (χ3v) is 2.44. The minimum atomic E-state index is -0.549. The van der Waals surface area contributed by atoms with Crippen LogP contribution in [0.15, 0.2) is 41.1 Å². The van der Waals surface area contributed by atoms with Crippen molar-refractivity contribution in [2.24, 2.45) is 0 Å². The number of halogens is 2. The Morgan fingerprint density at radius 2 is 2.00 bits per heavy atom. The number of benzene rings is 1. The van der Waals surface area contributed by atoms with E-state index < -0.39 is 11.7 Å². The summed E-state index contributed by atoms with van der Waals surface area (Å²) in [6, 6.07) is 5.95. The zero-order valence-corrected chi connectivity index (χ0v) is 10.1. The molecule has 4 nitrogen and oxygen atoms in total. The van der Waals surface area contributed by atoms with Gasteiger partial charge in [0.25, 0.3) is 5.91 Å². The lowest BCUT2D eigenvalue weighted by atomic mass is 10.3. The minimum absolute atomic E-state index is 0.00480. The first-order valence-corrected chi connectivity index (χ1v) is 5.49. The molecule has 86 valence electrons. The third-order valence-electron chi connectivity index (χ3n) is 1.95. The zero-order chi connectivity index (χ0) is 12.3. The second kappa shape index (κ2) is 5.01. The van der Waals surface area contributed by atoms with E-state index in [1.54, 1.807) is 12.1 Å². The monoisotopic (exact) mass is 295 g/mol. The molecule has 2 aromatic rings. The lowest BCUT2D eigenvalue weighted by Gasteiger charge is -2.05. The molecule has 1 heterocycles. The van der Waals surface area contributed by atoms with Gasteiger partial charge in [-0.3, -0.25) is 4.79 Å². The molecule has 0 saturated carbocycles. The predicted octanol–water partition coefficient (Wildman–Crippen LogP) is 2.63. The highest BCUT2D eigenvalue weighted by Crippen LogP contribution is 2.19. The molecule has 0 spiro atoms. The van der Waals surface area contributed by atoms with Crippen LogP contribution in [-0.4, -0.2) is 15.9 Å². The van der Waals surface area contributed by atoms with E-state index in [0.29, 0.717) is 4.47 Å². The summed E-state index contributed by atoms with van der Waals surface area (Å²) in [7, 11) is 0. The Bertz CT molecular complexity index is 548. The summed E-state index contributed by atoms with van der Waals surface area (Å²) < 4.78 is 14.0. The molecule has 0 fully saturated rings. The number of amides is 1. The Morgan fingerprint density at radius 1 is 1.29 bits per heavy atom. The van der Waals surface area contributed by atoms with Crippen LogP contribution < -0.4 is 5.32 Å². The molecule has 0 aliphatic rings. The molecular weight excluding hydrogens is 289 g/mol. The highest BCUT2D eigenvalue weighted by atomic mass is 79.9. The molecule has 0 radical (unpaired) electrons. The first-order chi connectivity index (χ1) is 8.16. The standard InChI is InChI=1S/C11H7BrFN3O/c12-7-2-3-9(8(13)6-7)16-11(17)10-14-4-1-5-15-10/h1-6H,(H,16,17). The van der Waals surface area contributed by atoms with Crippen molar-refractivity contribution in [3.8, 4) is 0 Å². The Hall–Kier alpha value is -1.82. The third kappa shape index (κ3) is 2.85. The number of anilines is 1. The van der Waals surface area contributed by atoms with Gasteiger partial charge >= 0.3 is 0 Å². The van der Waals surface area contributed by atoms with Crippen molar-refractivity contribution in [2.75, 3.05) is 5.32 Å². The average molecular weight is 296 g/mol. The summed E-state index contributed by atoms with van der Waals surface area (Å²) in [6.45, 7) is 0. The second-order valence-electron chi connectivity index (χ2n) is 3.15. The molecule has 0 unspecified atom stereocenters. The van der Waals surface area contributed by atoms with Gasteiger partial charge in [-0.2, -0.15) is 0 Å². The molecule has 0 bridgehead atoms. The van der Waals surface area contributed by atoms with Gasteiger partial charge in [0.2, 0.25) is 5.82 Å². The highest BCUT2D eigenvalue weighted by Gasteiger charge is 2.11. The number of carbonyl (C=O) groups excluding carboxylic acids is 1. The fourth-order valence-electron chi connectivity index (χ4n) is 1.19. The number of aromatic nitrogens is 2. The summed E-state index contributed by atoms with van der Waals surface area (Å²) in [5.74, 6) is -1.08. The molecule has 0 aliphatic heterocycles. The van der Waals surface area contributed by atoms with Gasteiger partial charge < -0.3 is 5.32 Å². The van der Waals surface area contributed by atoms with Gasteiger partial charge in [-0.05, 0) is 24.3 Å². The minimum Gasteiger partial charge on any atom is -0.317 e. The van der Waals surface area contributed by atoms with E-state index >= 15 is 0 Å². The smallest absolute Gasteiger partial charge is 0.293 e. The maximum atomic E-state index is 13.4. The molecule has 2 rings (SSSR count). The SMILES string of the molecule is O=C(Nc1ccc(Br)cc1F)c1ncccn1. The van der Waals surface area contributed by atoms with Crippen molar-refractivity contribution >= 4 is 27.5 Å². The zero-order valence-electron chi connectivity index (χ0n) is 8.52. The van der Waals surface area contributed by atoms with Gasteiger partial charge in [0.1, 0.15) is 5.82 Å². The van der Waals surface area contributed by atoms with E-state index in [2.05, 4.69) is 31.2 Å². The van der Waals surface area contributed by atoms with Gasteiger partial charge in [-0.15, -0.1) is 0 Å². The van der Waals surface area contributed by atoms with Gasteiger partial charge in [0.05, 0.1) is 5.69 Å². The van der Waals surface area contributed by atoms with E-state index in [9.17, 15) is 9.18 Å². The summed E-state index contributed by atoms with van der Waals surface area (Å²) in [5.41, 5.74) is 0.0886. The second-order valence-corrected chi connectivity index (χ2v) is 4.07. The van der Waals surface area contributed by atoms with Crippen LogP contribution in [0.2, 0.25) is 0 Å². The van der Waals surface area contributed by atoms with Gasteiger partial charge in [0, 0.05) is 16.9 Å². The van der Waals surface area contributed by atoms with Crippen LogP contribution in [0.25, 0.3) is 0 Å². The summed E-state index contributed by atoms with van der Waals surface area (Å²) in [4.78, 5) is 19.2. The molecule has 0 aliphatic carbocycles. The van der Waals surface area contributed by atoms with Crippen LogP contribution in [-0.2, 0) is 0 Å². The quantitative estimate of drug-likeness (QED) is 0.927. The van der Waals surface area contributed by atoms with Crippen LogP contribution in [0.3, 0.4) is 0 Å². The normalized spacial score (nSPS) is 10.0. The van der Waals surface area contributed by atoms with Crippen LogP contribution in [0.1, 0.15) is 10.6 Å². The summed E-state index contributed by atoms with van der Waals surface area (Å²) >= 11 is 3.13. The van der Waals surface area contributed by atoms with E-state index in [-0.39, 0.29) is 11.5 Å². The van der Waals surface area contributed by atoms with Crippen molar-refractivity contribution in [3.05, 3.63) is 52.8 Å². The first-order valence-electron chi connectivity index (χ1n) is 4.70. The van der Waals surface area contributed by atoms with Crippen molar-refractivity contribution in [1.29, 1.82) is 0 Å². The van der Waals surface area contributed by atoms with Gasteiger partial charge in [-0.25, -0.2) is 14.4 Å². The van der Waals surface area contributed by atoms with E-state index in [0.717, 1.165) is 0 Å². The fourth-order valence-corrected chi connectivity index (χ4v) is 1.52.